The summed E-state index contributed by atoms with van der Waals surface area (Å²) in [6.07, 6.45) is 0.992. The van der Waals surface area contributed by atoms with Gasteiger partial charge < -0.3 is 10.6 Å². The lowest BCUT2D eigenvalue weighted by Crippen LogP contribution is -2.28. The Bertz CT molecular complexity index is 125. The largest absolute Gasteiger partial charge is 0.356 e. The van der Waals surface area contributed by atoms with Gasteiger partial charge in [0.1, 0.15) is 0 Å². The number of hydrogen-bond acceptors (Lipinski definition) is 2. The molecule has 58 valence electrons. The molecule has 0 saturated carbocycles. The molecule has 3 heteroatoms. The molecule has 1 unspecified atom stereocenters. The van der Waals surface area contributed by atoms with Gasteiger partial charge in [-0.3, -0.25) is 4.79 Å². The van der Waals surface area contributed by atoms with Crippen LogP contribution < -0.4 is 10.6 Å². The molecule has 0 aliphatic carbocycles. The maximum atomic E-state index is 10.9. The van der Waals surface area contributed by atoms with Crippen molar-refractivity contribution >= 4 is 5.91 Å². The molecule has 1 aliphatic rings. The van der Waals surface area contributed by atoms with E-state index in [1.54, 1.807) is 0 Å². The number of carbonyl (C=O) groups is 1. The molecule has 1 saturated heterocycles. The molecule has 0 aromatic heterocycles. The molecule has 1 fully saturated rings. The van der Waals surface area contributed by atoms with Gasteiger partial charge in [-0.15, -0.1) is 0 Å². The van der Waals surface area contributed by atoms with Crippen molar-refractivity contribution in [2.45, 2.75) is 13.3 Å². The fourth-order valence-corrected chi connectivity index (χ4v) is 1.16. The molecule has 0 radical (unpaired) electrons. The quantitative estimate of drug-likeness (QED) is 0.569. The smallest absolute Gasteiger partial charge is 0.224 e. The minimum atomic E-state index is 0.209. The number of amides is 1. The Morgan fingerprint density at radius 1 is 1.80 bits per heavy atom. The Morgan fingerprint density at radius 3 is 3.10 bits per heavy atom. The summed E-state index contributed by atoms with van der Waals surface area (Å²) >= 11 is 0. The van der Waals surface area contributed by atoms with Crippen LogP contribution in [0, 0.1) is 5.92 Å². The topological polar surface area (TPSA) is 41.1 Å². The van der Waals surface area contributed by atoms with Gasteiger partial charge in [0.15, 0.2) is 0 Å². The van der Waals surface area contributed by atoms with Crippen molar-refractivity contribution in [3.8, 4) is 0 Å². The zero-order chi connectivity index (χ0) is 7.40. The van der Waals surface area contributed by atoms with Gasteiger partial charge in [-0.1, -0.05) is 6.92 Å². The van der Waals surface area contributed by atoms with Crippen molar-refractivity contribution in [1.82, 2.24) is 10.6 Å². The second-order valence-corrected chi connectivity index (χ2v) is 2.58. The maximum Gasteiger partial charge on any atom is 0.224 e. The van der Waals surface area contributed by atoms with Gasteiger partial charge in [-0.05, 0) is 13.0 Å². The summed E-state index contributed by atoms with van der Waals surface area (Å²) in [5, 5.41) is 5.96. The van der Waals surface area contributed by atoms with Crippen LogP contribution >= 0.6 is 0 Å². The van der Waals surface area contributed by atoms with E-state index in [0.29, 0.717) is 0 Å². The lowest BCUT2D eigenvalue weighted by molar-refractivity contribution is -0.122. The third-order valence-corrected chi connectivity index (χ3v) is 1.80. The van der Waals surface area contributed by atoms with E-state index in [-0.39, 0.29) is 11.8 Å². The molecule has 0 bridgehead atoms. The Morgan fingerprint density at radius 2 is 2.60 bits per heavy atom. The van der Waals surface area contributed by atoms with E-state index in [0.717, 1.165) is 26.1 Å². The van der Waals surface area contributed by atoms with E-state index in [9.17, 15) is 4.79 Å². The first-order valence-corrected chi connectivity index (χ1v) is 3.83. The van der Waals surface area contributed by atoms with E-state index in [1.165, 1.54) is 0 Å². The fraction of sp³-hybridized carbons (Fsp3) is 0.857. The maximum absolute atomic E-state index is 10.9. The van der Waals surface area contributed by atoms with Crippen molar-refractivity contribution in [2.75, 3.05) is 19.6 Å². The Labute approximate surface area is 61.2 Å². The van der Waals surface area contributed by atoms with Crippen LogP contribution in [0.5, 0.6) is 0 Å². The molecule has 0 spiro atoms. The molecular weight excluding hydrogens is 128 g/mol. The summed E-state index contributed by atoms with van der Waals surface area (Å²) < 4.78 is 0. The minimum absolute atomic E-state index is 0.209. The normalized spacial score (nSPS) is 24.9. The van der Waals surface area contributed by atoms with Gasteiger partial charge in [0.2, 0.25) is 5.91 Å². The molecule has 0 aromatic carbocycles. The standard InChI is InChI=1S/C7H14N2O/c1-2-8-5-6-3-4-9-7(6)10/h6,8H,2-5H2,1H3,(H,9,10). The Balaban J connectivity index is 2.20. The number of rotatable bonds is 3. The molecule has 1 atom stereocenters. The summed E-state index contributed by atoms with van der Waals surface area (Å²) in [6.45, 7) is 4.69. The lowest BCUT2D eigenvalue weighted by Gasteiger charge is -2.05. The highest BCUT2D eigenvalue weighted by molar-refractivity contribution is 5.80. The summed E-state index contributed by atoms with van der Waals surface area (Å²) in [6, 6.07) is 0. The van der Waals surface area contributed by atoms with Gasteiger partial charge in [0, 0.05) is 13.1 Å². The molecule has 1 amide bonds. The molecule has 1 rings (SSSR count). The monoisotopic (exact) mass is 142 g/mol. The molecule has 3 nitrogen and oxygen atoms in total. The third-order valence-electron chi connectivity index (χ3n) is 1.80. The summed E-state index contributed by atoms with van der Waals surface area (Å²) in [5.41, 5.74) is 0. The van der Waals surface area contributed by atoms with Gasteiger partial charge in [0.25, 0.3) is 0 Å². The van der Waals surface area contributed by atoms with Gasteiger partial charge in [-0.25, -0.2) is 0 Å². The van der Waals surface area contributed by atoms with Gasteiger partial charge in [0.05, 0.1) is 5.92 Å². The van der Waals surface area contributed by atoms with Crippen LogP contribution in [0.4, 0.5) is 0 Å². The van der Waals surface area contributed by atoms with Crippen molar-refractivity contribution in [3.05, 3.63) is 0 Å². The zero-order valence-corrected chi connectivity index (χ0v) is 6.31. The average Bonchev–Trinajstić information content (AvgIpc) is 2.31. The Hall–Kier alpha value is -0.570. The summed E-state index contributed by atoms with van der Waals surface area (Å²) in [7, 11) is 0. The summed E-state index contributed by atoms with van der Waals surface area (Å²) in [4.78, 5) is 10.9. The van der Waals surface area contributed by atoms with Crippen molar-refractivity contribution in [2.24, 2.45) is 5.92 Å². The predicted molar refractivity (Wildman–Crippen MR) is 39.7 cm³/mol. The van der Waals surface area contributed by atoms with E-state index >= 15 is 0 Å². The third kappa shape index (κ3) is 1.70. The van der Waals surface area contributed by atoms with Crippen LogP contribution in [0.3, 0.4) is 0 Å². The molecule has 2 N–H and O–H groups in total. The van der Waals surface area contributed by atoms with Crippen LogP contribution in [0.15, 0.2) is 0 Å². The highest BCUT2D eigenvalue weighted by atomic mass is 16.2. The van der Waals surface area contributed by atoms with Gasteiger partial charge in [-0.2, -0.15) is 0 Å². The zero-order valence-electron chi connectivity index (χ0n) is 6.31. The average molecular weight is 142 g/mol. The highest BCUT2D eigenvalue weighted by Crippen LogP contribution is 2.06. The Kier molecular flexibility index (Phi) is 2.68. The first kappa shape index (κ1) is 7.54. The number of nitrogens with one attached hydrogen (secondary N) is 2. The lowest BCUT2D eigenvalue weighted by atomic mass is 10.1. The van der Waals surface area contributed by atoms with Crippen molar-refractivity contribution < 1.29 is 4.79 Å². The van der Waals surface area contributed by atoms with Crippen LogP contribution in [-0.4, -0.2) is 25.5 Å². The minimum Gasteiger partial charge on any atom is -0.356 e. The SMILES string of the molecule is CCNCC1CCNC1=O. The van der Waals surface area contributed by atoms with E-state index < -0.39 is 0 Å². The summed E-state index contributed by atoms with van der Waals surface area (Å²) in [5.74, 6) is 0.431. The van der Waals surface area contributed by atoms with E-state index in [4.69, 9.17) is 0 Å². The predicted octanol–water partition coefficient (Wildman–Crippen LogP) is -0.268. The van der Waals surface area contributed by atoms with Crippen LogP contribution in [-0.2, 0) is 4.79 Å². The first-order chi connectivity index (χ1) is 4.84. The second kappa shape index (κ2) is 3.56. The molecule has 1 heterocycles. The highest BCUT2D eigenvalue weighted by Gasteiger charge is 2.22. The van der Waals surface area contributed by atoms with Crippen molar-refractivity contribution in [3.63, 3.8) is 0 Å². The first-order valence-electron chi connectivity index (χ1n) is 3.83. The molecule has 10 heavy (non-hydrogen) atoms. The second-order valence-electron chi connectivity index (χ2n) is 2.58. The van der Waals surface area contributed by atoms with Crippen LogP contribution in [0.2, 0.25) is 0 Å². The number of hydrogen-bond donors (Lipinski definition) is 2. The van der Waals surface area contributed by atoms with Crippen LogP contribution in [0.25, 0.3) is 0 Å². The van der Waals surface area contributed by atoms with Crippen LogP contribution in [0.1, 0.15) is 13.3 Å². The van der Waals surface area contributed by atoms with E-state index in [2.05, 4.69) is 10.6 Å². The molecular formula is C7H14N2O. The molecule has 0 aromatic rings. The molecule has 1 aliphatic heterocycles. The van der Waals surface area contributed by atoms with Gasteiger partial charge >= 0.3 is 0 Å². The fourth-order valence-electron chi connectivity index (χ4n) is 1.16. The van der Waals surface area contributed by atoms with E-state index in [1.807, 2.05) is 6.92 Å². The number of carbonyl (C=O) groups excluding carboxylic acids is 1. The van der Waals surface area contributed by atoms with Crippen molar-refractivity contribution in [1.29, 1.82) is 0 Å².